The molecule has 1 aliphatic heterocycles. The molecule has 0 aliphatic carbocycles. The first kappa shape index (κ1) is 22.7. The number of nitrogens with one attached hydrogen (secondary N) is 1. The van der Waals surface area contributed by atoms with Crippen molar-refractivity contribution in [2.75, 3.05) is 6.61 Å². The maximum atomic E-state index is 14.3. The number of H-pyrrole nitrogens is 1. The van der Waals surface area contributed by atoms with Crippen LogP contribution in [0.4, 0.5) is 4.39 Å². The van der Waals surface area contributed by atoms with Gasteiger partial charge in [-0.25, -0.2) is 9.07 Å². The van der Waals surface area contributed by atoms with Crippen molar-refractivity contribution in [1.29, 1.82) is 0 Å². The van der Waals surface area contributed by atoms with Gasteiger partial charge in [0.1, 0.15) is 41.3 Å². The topological polar surface area (TPSA) is 133 Å². The highest BCUT2D eigenvalue weighted by atomic mass is 35.5. The molecule has 1 aromatic carbocycles. The van der Waals surface area contributed by atoms with E-state index in [1.54, 1.807) is 5.38 Å². The Morgan fingerprint density at radius 1 is 1.29 bits per heavy atom. The lowest BCUT2D eigenvalue weighted by Crippen LogP contribution is -2.55. The molecule has 0 amide bonds. The van der Waals surface area contributed by atoms with Gasteiger partial charge in [-0.05, 0) is 12.1 Å². The van der Waals surface area contributed by atoms with E-state index in [2.05, 4.69) is 15.3 Å². The highest BCUT2D eigenvalue weighted by Gasteiger charge is 2.46. The van der Waals surface area contributed by atoms with E-state index in [1.807, 2.05) is 0 Å². The monoisotopic (exact) mass is 508 g/mol. The summed E-state index contributed by atoms with van der Waals surface area (Å²) in [5, 5.41) is 40.8. The summed E-state index contributed by atoms with van der Waals surface area (Å²) in [6.45, 7) is -0.551. The molecule has 31 heavy (non-hydrogen) atoms. The predicted molar refractivity (Wildman–Crippen MR) is 113 cm³/mol. The van der Waals surface area contributed by atoms with Gasteiger partial charge < -0.3 is 25.0 Å². The first-order valence-electron chi connectivity index (χ1n) is 8.82. The standard InChI is InChI=1S/C17H15Cl2FN4O5S2/c18-6-1-8(20)12(2-7(6)19)31-16-15(27)13(14(26)11(4-25)29-16)24-3-9(22-23-24)10-5-30-17(28)21-10/h1-3,5,11,13-16,25-27H,4H2,(H,21,28)/t11-,13+,14+,15-,16-/m1/s1. The smallest absolute Gasteiger partial charge is 0.304 e. The Hall–Kier alpha value is -1.51. The van der Waals surface area contributed by atoms with Crippen molar-refractivity contribution < 1.29 is 24.4 Å². The molecular formula is C17H15Cl2FN4O5S2. The van der Waals surface area contributed by atoms with Crippen molar-refractivity contribution in [3.63, 3.8) is 0 Å². The number of hydrogen-bond acceptors (Lipinski definition) is 9. The van der Waals surface area contributed by atoms with Crippen molar-refractivity contribution in [3.05, 3.63) is 49.2 Å². The van der Waals surface area contributed by atoms with Crippen LogP contribution >= 0.6 is 46.3 Å². The summed E-state index contributed by atoms with van der Waals surface area (Å²) in [6, 6.07) is 1.28. The van der Waals surface area contributed by atoms with Crippen LogP contribution in [0.25, 0.3) is 11.4 Å². The number of aromatic nitrogens is 4. The van der Waals surface area contributed by atoms with E-state index in [9.17, 15) is 24.5 Å². The van der Waals surface area contributed by atoms with E-state index < -0.39 is 42.2 Å². The number of aliphatic hydroxyl groups excluding tert-OH is 3. The number of thiazole rings is 1. The second-order valence-electron chi connectivity index (χ2n) is 6.66. The van der Waals surface area contributed by atoms with Crippen molar-refractivity contribution in [2.45, 2.75) is 34.7 Å². The highest BCUT2D eigenvalue weighted by Crippen LogP contribution is 2.40. The SMILES string of the molecule is O=c1[nH]c(-c2cn([C@@H]3[C@@H](O)[C@@H](Sc4cc(Cl)c(Cl)cc4F)O[C@H](CO)[C@@H]3O)nn2)cs1. The van der Waals surface area contributed by atoms with E-state index in [-0.39, 0.29) is 19.8 Å². The zero-order valence-electron chi connectivity index (χ0n) is 15.4. The van der Waals surface area contributed by atoms with Crippen LogP contribution < -0.4 is 4.87 Å². The predicted octanol–water partition coefficient (Wildman–Crippen LogP) is 1.91. The lowest BCUT2D eigenvalue weighted by molar-refractivity contribution is -0.178. The highest BCUT2D eigenvalue weighted by molar-refractivity contribution is 7.99. The summed E-state index contributed by atoms with van der Waals surface area (Å²) in [5.74, 6) is -0.664. The van der Waals surface area contributed by atoms with Crippen LogP contribution in [0, 0.1) is 5.82 Å². The molecule has 3 heterocycles. The molecule has 1 aliphatic rings. The molecule has 2 aromatic heterocycles. The Morgan fingerprint density at radius 3 is 2.71 bits per heavy atom. The number of aromatic amines is 1. The third-order valence-electron chi connectivity index (χ3n) is 4.68. The lowest BCUT2D eigenvalue weighted by Gasteiger charge is -2.41. The van der Waals surface area contributed by atoms with Gasteiger partial charge in [0.25, 0.3) is 0 Å². The summed E-state index contributed by atoms with van der Waals surface area (Å²) in [6.07, 6.45) is -2.35. The van der Waals surface area contributed by atoms with Gasteiger partial charge in [-0.3, -0.25) is 4.79 Å². The molecule has 9 nitrogen and oxygen atoms in total. The van der Waals surface area contributed by atoms with E-state index in [4.69, 9.17) is 27.9 Å². The van der Waals surface area contributed by atoms with E-state index in [0.29, 0.717) is 11.4 Å². The molecule has 166 valence electrons. The average Bonchev–Trinajstić information content (AvgIpc) is 3.37. The third kappa shape index (κ3) is 4.52. The van der Waals surface area contributed by atoms with Gasteiger partial charge in [-0.2, -0.15) is 0 Å². The number of thioether (sulfide) groups is 1. The van der Waals surface area contributed by atoms with Crippen molar-refractivity contribution in [3.8, 4) is 11.4 Å². The molecule has 14 heteroatoms. The lowest BCUT2D eigenvalue weighted by atomic mass is 9.97. The Bertz CT molecular complexity index is 1140. The normalized spacial score (nSPS) is 26.3. The largest absolute Gasteiger partial charge is 0.394 e. The summed E-state index contributed by atoms with van der Waals surface area (Å²) >= 11 is 13.6. The third-order valence-corrected chi connectivity index (χ3v) is 7.26. The molecule has 0 radical (unpaired) electrons. The van der Waals surface area contributed by atoms with E-state index in [0.717, 1.165) is 29.2 Å². The van der Waals surface area contributed by atoms with Crippen molar-refractivity contribution >= 4 is 46.3 Å². The van der Waals surface area contributed by atoms with E-state index in [1.165, 1.54) is 16.9 Å². The average molecular weight is 509 g/mol. The van der Waals surface area contributed by atoms with Crippen LogP contribution in [0.15, 0.2) is 33.4 Å². The molecule has 1 fully saturated rings. The Morgan fingerprint density at radius 2 is 2.03 bits per heavy atom. The van der Waals surface area contributed by atoms with Gasteiger partial charge in [0.15, 0.2) is 0 Å². The maximum absolute atomic E-state index is 14.3. The minimum atomic E-state index is -1.37. The van der Waals surface area contributed by atoms with Gasteiger partial charge in [0.05, 0.1) is 28.5 Å². The molecule has 5 atom stereocenters. The molecule has 3 aromatic rings. The molecular weight excluding hydrogens is 494 g/mol. The number of benzene rings is 1. The van der Waals surface area contributed by atoms with Crippen LogP contribution in [0.3, 0.4) is 0 Å². The number of halogens is 3. The Kier molecular flexibility index (Phi) is 6.70. The second kappa shape index (κ2) is 9.16. The first-order chi connectivity index (χ1) is 14.8. The maximum Gasteiger partial charge on any atom is 0.304 e. The fraction of sp³-hybridized carbons (Fsp3) is 0.353. The molecule has 0 bridgehead atoms. The van der Waals surface area contributed by atoms with Gasteiger partial charge in [0, 0.05) is 10.3 Å². The van der Waals surface area contributed by atoms with Crippen LogP contribution in [0.2, 0.25) is 10.0 Å². The van der Waals surface area contributed by atoms with Gasteiger partial charge >= 0.3 is 4.87 Å². The van der Waals surface area contributed by atoms with Gasteiger partial charge in [-0.15, -0.1) is 5.10 Å². The number of aliphatic hydroxyl groups is 3. The van der Waals surface area contributed by atoms with Crippen LogP contribution in [-0.4, -0.2) is 65.7 Å². The Balaban J connectivity index is 1.64. The van der Waals surface area contributed by atoms with Crippen molar-refractivity contribution in [2.24, 2.45) is 0 Å². The van der Waals surface area contributed by atoms with Crippen LogP contribution in [-0.2, 0) is 4.74 Å². The summed E-state index contributed by atoms with van der Waals surface area (Å²) in [4.78, 5) is 13.8. The summed E-state index contributed by atoms with van der Waals surface area (Å²) < 4.78 is 21.2. The molecule has 4 rings (SSSR count). The number of hydrogen-bond donors (Lipinski definition) is 4. The summed E-state index contributed by atoms with van der Waals surface area (Å²) in [5.41, 5.74) is -0.324. The van der Waals surface area contributed by atoms with Gasteiger partial charge in [0.2, 0.25) is 0 Å². The molecule has 4 N–H and O–H groups in total. The van der Waals surface area contributed by atoms with Crippen LogP contribution in [0.5, 0.6) is 0 Å². The zero-order chi connectivity index (χ0) is 22.3. The minimum Gasteiger partial charge on any atom is -0.394 e. The zero-order valence-corrected chi connectivity index (χ0v) is 18.5. The summed E-state index contributed by atoms with van der Waals surface area (Å²) in [7, 11) is 0. The molecule has 0 saturated carbocycles. The number of rotatable bonds is 5. The molecule has 0 unspecified atom stereocenters. The molecule has 1 saturated heterocycles. The number of nitrogens with zero attached hydrogens (tertiary/aromatic N) is 3. The Labute approximate surface area is 192 Å². The fourth-order valence-electron chi connectivity index (χ4n) is 3.15. The van der Waals surface area contributed by atoms with E-state index >= 15 is 0 Å². The van der Waals surface area contributed by atoms with Gasteiger partial charge in [-0.1, -0.05) is 51.5 Å². The first-order valence-corrected chi connectivity index (χ1v) is 11.3. The fourth-order valence-corrected chi connectivity index (χ4v) is 5.21. The van der Waals surface area contributed by atoms with Crippen LogP contribution in [0.1, 0.15) is 6.04 Å². The van der Waals surface area contributed by atoms with Crippen molar-refractivity contribution in [1.82, 2.24) is 20.0 Å². The molecule has 0 spiro atoms. The quantitative estimate of drug-likeness (QED) is 0.384. The number of ether oxygens (including phenoxy) is 1. The second-order valence-corrected chi connectivity index (χ2v) is 9.45. The minimum absolute atomic E-state index is 0.0387.